The first-order valence-corrected chi connectivity index (χ1v) is 4.81. The fourth-order valence-electron chi connectivity index (χ4n) is 0.789. The third kappa shape index (κ3) is 1.29. The van der Waals surface area contributed by atoms with Gasteiger partial charge in [0.25, 0.3) is 0 Å². The van der Waals surface area contributed by atoms with Crippen molar-refractivity contribution in [3.05, 3.63) is 16.4 Å². The van der Waals surface area contributed by atoms with Crippen molar-refractivity contribution in [1.29, 1.82) is 0 Å². The lowest BCUT2D eigenvalue weighted by Gasteiger charge is -1.88. The lowest BCUT2D eigenvalue weighted by molar-refractivity contribution is 0.757. The van der Waals surface area contributed by atoms with Crippen molar-refractivity contribution < 1.29 is 0 Å². The molecule has 4 heteroatoms. The summed E-state index contributed by atoms with van der Waals surface area (Å²) in [6, 6.07) is 0. The fourth-order valence-corrected chi connectivity index (χ4v) is 1.66. The molecule has 2 nitrogen and oxygen atoms in total. The van der Waals surface area contributed by atoms with Crippen LogP contribution in [-0.2, 0) is 11.5 Å². The quantitative estimate of drug-likeness (QED) is 0.566. The summed E-state index contributed by atoms with van der Waals surface area (Å²) in [4.78, 5) is 0. The van der Waals surface area contributed by atoms with Crippen LogP contribution in [0.1, 0.15) is 11.3 Å². The molecule has 0 unspecified atom stereocenters. The molecule has 1 aromatic heterocycles. The Balaban J connectivity index is 3.17. The summed E-state index contributed by atoms with van der Waals surface area (Å²) in [7, 11) is 1.85. The summed E-state index contributed by atoms with van der Waals surface area (Å²) in [6.45, 7) is 1.99. The van der Waals surface area contributed by atoms with E-state index in [9.17, 15) is 0 Å². The minimum Gasteiger partial charge on any atom is -0.257 e. The molecule has 0 N–H and O–H groups in total. The number of hydrogen-bond donors (Lipinski definition) is 0. The van der Waals surface area contributed by atoms with Crippen LogP contribution in [-0.4, -0.2) is 9.78 Å². The van der Waals surface area contributed by atoms with Crippen LogP contribution in [0.4, 0.5) is 0 Å². The number of aryl methyl sites for hydroxylation is 1. The number of nitrogens with zero attached hydrogens (tertiary/aromatic N) is 2. The van der Waals surface area contributed by atoms with Crippen molar-refractivity contribution in [1.82, 2.24) is 9.78 Å². The molecule has 0 spiro atoms. The molecule has 1 aromatic rings. The molecule has 0 fully saturated rings. The average Bonchev–Trinajstić information content (AvgIpc) is 2.17. The third-order valence-electron chi connectivity index (χ3n) is 1.42. The predicted octanol–water partition coefficient (Wildman–Crippen LogP) is 2.32. The van der Waals surface area contributed by atoms with E-state index in [-0.39, 0.29) is 0 Å². The molecule has 0 saturated carbocycles. The van der Waals surface area contributed by atoms with Gasteiger partial charge in [0.1, 0.15) is 5.15 Å². The van der Waals surface area contributed by atoms with E-state index in [0.29, 0.717) is 0 Å². The van der Waals surface area contributed by atoms with E-state index >= 15 is 0 Å². The molecule has 0 aromatic carbocycles. The second kappa shape index (κ2) is 3.09. The van der Waals surface area contributed by atoms with Gasteiger partial charge in [0, 0.05) is 17.0 Å². The zero-order valence-corrected chi connectivity index (χ0v) is 8.77. The van der Waals surface area contributed by atoms with Crippen LogP contribution in [0.5, 0.6) is 0 Å². The first kappa shape index (κ1) is 8.33. The molecule has 10 heavy (non-hydrogen) atoms. The molecule has 0 aliphatic rings. The van der Waals surface area contributed by atoms with Gasteiger partial charge in [-0.05, 0) is 6.92 Å². The van der Waals surface area contributed by atoms with Crippen molar-refractivity contribution in [2.45, 2.75) is 11.4 Å². The van der Waals surface area contributed by atoms with Crippen molar-refractivity contribution in [3.8, 4) is 0 Å². The van der Waals surface area contributed by atoms with Crippen molar-refractivity contribution in [2.24, 2.45) is 7.05 Å². The van der Waals surface area contributed by atoms with E-state index in [1.807, 2.05) is 14.0 Å². The standard InChI is InChI=1S/C6H8ClIN2/c1-4-5(3-8)9-10(2)6(4)7/h3H2,1-2H3. The van der Waals surface area contributed by atoms with Gasteiger partial charge in [0.05, 0.1) is 5.69 Å². The molecule has 0 aliphatic carbocycles. The summed E-state index contributed by atoms with van der Waals surface area (Å²) < 4.78 is 2.62. The summed E-state index contributed by atoms with van der Waals surface area (Å²) in [6.07, 6.45) is 0. The van der Waals surface area contributed by atoms with Crippen LogP contribution in [0.25, 0.3) is 0 Å². The Morgan fingerprint density at radius 2 is 2.30 bits per heavy atom. The first-order chi connectivity index (χ1) is 4.66. The summed E-state index contributed by atoms with van der Waals surface area (Å²) in [5.41, 5.74) is 2.17. The highest BCUT2D eigenvalue weighted by molar-refractivity contribution is 14.1. The van der Waals surface area contributed by atoms with Crippen molar-refractivity contribution >= 4 is 34.2 Å². The van der Waals surface area contributed by atoms with Gasteiger partial charge >= 0.3 is 0 Å². The molecular formula is C6H8ClIN2. The van der Waals surface area contributed by atoms with Gasteiger partial charge in [-0.2, -0.15) is 5.10 Å². The molecule has 0 saturated heterocycles. The molecular weight excluding hydrogens is 262 g/mol. The van der Waals surface area contributed by atoms with Crippen LogP contribution in [0.3, 0.4) is 0 Å². The van der Waals surface area contributed by atoms with Crippen LogP contribution in [0, 0.1) is 6.92 Å². The Morgan fingerprint density at radius 1 is 1.70 bits per heavy atom. The minimum absolute atomic E-state index is 0.742. The Bertz CT molecular complexity index is 244. The van der Waals surface area contributed by atoms with E-state index in [4.69, 9.17) is 11.6 Å². The third-order valence-corrected chi connectivity index (χ3v) is 2.67. The van der Waals surface area contributed by atoms with Gasteiger partial charge in [-0.3, -0.25) is 4.68 Å². The topological polar surface area (TPSA) is 17.8 Å². The van der Waals surface area contributed by atoms with E-state index in [0.717, 1.165) is 20.8 Å². The van der Waals surface area contributed by atoms with E-state index in [1.54, 1.807) is 4.68 Å². The van der Waals surface area contributed by atoms with Gasteiger partial charge in [-0.1, -0.05) is 34.2 Å². The monoisotopic (exact) mass is 270 g/mol. The summed E-state index contributed by atoms with van der Waals surface area (Å²) in [5, 5.41) is 4.95. The average molecular weight is 271 g/mol. The second-order valence-electron chi connectivity index (χ2n) is 2.12. The predicted molar refractivity (Wildman–Crippen MR) is 50.7 cm³/mol. The smallest absolute Gasteiger partial charge is 0.129 e. The molecule has 0 aliphatic heterocycles. The maximum Gasteiger partial charge on any atom is 0.129 e. The zero-order valence-electron chi connectivity index (χ0n) is 5.86. The molecule has 0 radical (unpaired) electrons. The van der Waals surface area contributed by atoms with E-state index in [2.05, 4.69) is 27.7 Å². The number of halogens is 2. The normalized spacial score (nSPS) is 10.4. The largest absolute Gasteiger partial charge is 0.257 e. The van der Waals surface area contributed by atoms with Crippen LogP contribution in [0.2, 0.25) is 5.15 Å². The Morgan fingerprint density at radius 3 is 2.50 bits per heavy atom. The molecule has 56 valence electrons. The summed E-state index contributed by atoms with van der Waals surface area (Å²) in [5.74, 6) is 0. The van der Waals surface area contributed by atoms with Gasteiger partial charge in [0.15, 0.2) is 0 Å². The molecule has 0 atom stereocenters. The number of hydrogen-bond acceptors (Lipinski definition) is 1. The van der Waals surface area contributed by atoms with Crippen molar-refractivity contribution in [2.75, 3.05) is 0 Å². The molecule has 0 bridgehead atoms. The Labute approximate surface area is 78.7 Å². The Kier molecular flexibility index (Phi) is 2.57. The molecule has 0 amide bonds. The zero-order chi connectivity index (χ0) is 7.72. The number of alkyl halides is 1. The lowest BCUT2D eigenvalue weighted by atomic mass is 10.3. The van der Waals surface area contributed by atoms with Crippen LogP contribution >= 0.6 is 34.2 Å². The molecule has 1 heterocycles. The van der Waals surface area contributed by atoms with Gasteiger partial charge in [0.2, 0.25) is 0 Å². The fraction of sp³-hybridized carbons (Fsp3) is 0.500. The summed E-state index contributed by atoms with van der Waals surface area (Å²) >= 11 is 8.15. The Hall–Kier alpha value is 0.230. The number of rotatable bonds is 1. The van der Waals surface area contributed by atoms with Gasteiger partial charge in [-0.25, -0.2) is 0 Å². The minimum atomic E-state index is 0.742. The maximum absolute atomic E-state index is 5.87. The van der Waals surface area contributed by atoms with Crippen molar-refractivity contribution in [3.63, 3.8) is 0 Å². The van der Waals surface area contributed by atoms with Crippen LogP contribution < -0.4 is 0 Å². The van der Waals surface area contributed by atoms with E-state index < -0.39 is 0 Å². The first-order valence-electron chi connectivity index (χ1n) is 2.90. The van der Waals surface area contributed by atoms with Crippen LogP contribution in [0.15, 0.2) is 0 Å². The maximum atomic E-state index is 5.87. The van der Waals surface area contributed by atoms with Gasteiger partial charge < -0.3 is 0 Å². The SMILES string of the molecule is Cc1c(CI)nn(C)c1Cl. The highest BCUT2D eigenvalue weighted by Gasteiger charge is 2.07. The number of aromatic nitrogens is 2. The van der Waals surface area contributed by atoms with Gasteiger partial charge in [-0.15, -0.1) is 0 Å². The van der Waals surface area contributed by atoms with E-state index in [1.165, 1.54) is 0 Å². The lowest BCUT2D eigenvalue weighted by Crippen LogP contribution is -1.89. The molecule has 1 rings (SSSR count). The highest BCUT2D eigenvalue weighted by atomic mass is 127. The second-order valence-corrected chi connectivity index (χ2v) is 3.24. The highest BCUT2D eigenvalue weighted by Crippen LogP contribution is 2.19.